The minimum Gasteiger partial charge on any atom is -0.440 e. The van der Waals surface area contributed by atoms with E-state index in [1.54, 1.807) is 18.4 Å². The molecule has 1 aliphatic heterocycles. The fourth-order valence-corrected chi connectivity index (χ4v) is 3.88. The molecule has 0 saturated carbocycles. The highest BCUT2D eigenvalue weighted by atomic mass is 32.1. The van der Waals surface area contributed by atoms with Gasteiger partial charge in [-0.1, -0.05) is 6.07 Å². The number of aryl methyl sites for hydroxylation is 1. The largest absolute Gasteiger partial charge is 0.440 e. The number of amides is 1. The van der Waals surface area contributed by atoms with Crippen molar-refractivity contribution in [2.45, 2.75) is 26.2 Å². The first-order valence-corrected chi connectivity index (χ1v) is 9.46. The van der Waals surface area contributed by atoms with Crippen LogP contribution in [0.1, 0.15) is 24.3 Å². The van der Waals surface area contributed by atoms with Crippen molar-refractivity contribution in [1.29, 1.82) is 0 Å². The van der Waals surface area contributed by atoms with Crippen LogP contribution in [-0.4, -0.2) is 44.2 Å². The average molecular weight is 363 g/mol. The average Bonchev–Trinajstić information content (AvgIpc) is 3.25. The van der Waals surface area contributed by atoms with Gasteiger partial charge >= 0.3 is 0 Å². The molecule has 2 N–H and O–H groups in total. The molecular weight excluding hydrogens is 338 g/mol. The third-order valence-corrected chi connectivity index (χ3v) is 5.59. The molecule has 1 amide bonds. The standard InChI is InChI=1S/C18H25N3O3S/c1-13-14(21-17(24-13)15-4-3-9-25-15)10-16(22)20-11-18(12-23-2)5-7-19-8-6-18/h3-4,9,19H,5-8,10-12H2,1-2H3,(H,20,22). The number of ether oxygens (including phenoxy) is 1. The molecule has 2 aromatic heterocycles. The molecular formula is C18H25N3O3S. The van der Waals surface area contributed by atoms with Crippen molar-refractivity contribution in [3.05, 3.63) is 29.0 Å². The fourth-order valence-electron chi connectivity index (χ4n) is 3.23. The van der Waals surface area contributed by atoms with Gasteiger partial charge in [-0.05, 0) is 44.3 Å². The number of nitrogens with one attached hydrogen (secondary N) is 2. The summed E-state index contributed by atoms with van der Waals surface area (Å²) < 4.78 is 11.1. The number of rotatable bonds is 7. The van der Waals surface area contributed by atoms with Crippen LogP contribution in [0.25, 0.3) is 10.8 Å². The molecule has 3 rings (SSSR count). The normalized spacial score (nSPS) is 16.7. The van der Waals surface area contributed by atoms with E-state index < -0.39 is 0 Å². The first-order valence-electron chi connectivity index (χ1n) is 8.58. The molecule has 136 valence electrons. The van der Waals surface area contributed by atoms with Gasteiger partial charge in [0.2, 0.25) is 11.8 Å². The zero-order valence-electron chi connectivity index (χ0n) is 14.8. The van der Waals surface area contributed by atoms with Crippen LogP contribution in [0, 0.1) is 12.3 Å². The second-order valence-corrected chi connectivity index (χ2v) is 7.58. The van der Waals surface area contributed by atoms with E-state index in [1.807, 2.05) is 24.4 Å². The highest BCUT2D eigenvalue weighted by Gasteiger charge is 2.32. The van der Waals surface area contributed by atoms with E-state index >= 15 is 0 Å². The Morgan fingerprint density at radius 3 is 2.96 bits per heavy atom. The zero-order chi connectivity index (χ0) is 17.7. The first kappa shape index (κ1) is 18.1. The summed E-state index contributed by atoms with van der Waals surface area (Å²) in [5.41, 5.74) is 0.725. The molecule has 0 bridgehead atoms. The lowest BCUT2D eigenvalue weighted by molar-refractivity contribution is -0.121. The van der Waals surface area contributed by atoms with Crippen LogP contribution >= 0.6 is 11.3 Å². The number of thiophene rings is 1. The van der Waals surface area contributed by atoms with Crippen LogP contribution < -0.4 is 10.6 Å². The number of carbonyl (C=O) groups is 1. The molecule has 2 aromatic rings. The van der Waals surface area contributed by atoms with Gasteiger partial charge in [-0.2, -0.15) is 0 Å². The van der Waals surface area contributed by atoms with Crippen molar-refractivity contribution in [3.63, 3.8) is 0 Å². The Kier molecular flexibility index (Phi) is 5.88. The Morgan fingerprint density at radius 2 is 2.28 bits per heavy atom. The van der Waals surface area contributed by atoms with E-state index in [0.29, 0.717) is 30.5 Å². The molecule has 0 radical (unpaired) electrons. The maximum absolute atomic E-state index is 12.4. The van der Waals surface area contributed by atoms with Crippen LogP contribution in [0.2, 0.25) is 0 Å². The maximum atomic E-state index is 12.4. The van der Waals surface area contributed by atoms with E-state index in [2.05, 4.69) is 15.6 Å². The lowest BCUT2D eigenvalue weighted by Crippen LogP contribution is -2.47. The molecule has 0 unspecified atom stereocenters. The molecule has 1 aliphatic rings. The molecule has 0 aliphatic carbocycles. The topological polar surface area (TPSA) is 76.4 Å². The van der Waals surface area contributed by atoms with Crippen LogP contribution in [0.5, 0.6) is 0 Å². The van der Waals surface area contributed by atoms with E-state index in [9.17, 15) is 4.79 Å². The second-order valence-electron chi connectivity index (χ2n) is 6.64. The number of aromatic nitrogens is 1. The number of nitrogens with zero attached hydrogens (tertiary/aromatic N) is 1. The second kappa shape index (κ2) is 8.12. The third kappa shape index (κ3) is 4.48. The van der Waals surface area contributed by atoms with Crippen molar-refractivity contribution in [2.75, 3.05) is 33.4 Å². The Morgan fingerprint density at radius 1 is 1.48 bits per heavy atom. The van der Waals surface area contributed by atoms with Gasteiger partial charge in [0.15, 0.2) is 0 Å². The predicted octanol–water partition coefficient (Wildman–Crippen LogP) is 2.39. The quantitative estimate of drug-likeness (QED) is 0.790. The molecule has 3 heterocycles. The lowest BCUT2D eigenvalue weighted by atomic mass is 9.79. The van der Waals surface area contributed by atoms with Crippen molar-refractivity contribution in [2.24, 2.45) is 5.41 Å². The monoisotopic (exact) mass is 363 g/mol. The number of oxazole rings is 1. The highest BCUT2D eigenvalue weighted by molar-refractivity contribution is 7.13. The molecule has 0 atom stereocenters. The summed E-state index contributed by atoms with van der Waals surface area (Å²) in [5, 5.41) is 8.41. The highest BCUT2D eigenvalue weighted by Crippen LogP contribution is 2.28. The van der Waals surface area contributed by atoms with Gasteiger partial charge in [0.25, 0.3) is 0 Å². The summed E-state index contributed by atoms with van der Waals surface area (Å²) >= 11 is 1.57. The fraction of sp³-hybridized carbons (Fsp3) is 0.556. The van der Waals surface area contributed by atoms with Gasteiger partial charge in [-0.3, -0.25) is 4.79 Å². The zero-order valence-corrected chi connectivity index (χ0v) is 15.6. The summed E-state index contributed by atoms with van der Waals surface area (Å²) in [6.07, 6.45) is 2.25. The summed E-state index contributed by atoms with van der Waals surface area (Å²) in [7, 11) is 1.72. The molecule has 7 heteroatoms. The van der Waals surface area contributed by atoms with Gasteiger partial charge in [0, 0.05) is 19.1 Å². The molecule has 1 saturated heterocycles. The Hall–Kier alpha value is -1.70. The number of piperidine rings is 1. The van der Waals surface area contributed by atoms with E-state index in [4.69, 9.17) is 9.15 Å². The molecule has 1 fully saturated rings. The predicted molar refractivity (Wildman–Crippen MR) is 97.7 cm³/mol. The van der Waals surface area contributed by atoms with Crippen molar-refractivity contribution in [3.8, 4) is 10.8 Å². The maximum Gasteiger partial charge on any atom is 0.236 e. The minimum absolute atomic E-state index is 0.0245. The third-order valence-electron chi connectivity index (χ3n) is 4.73. The van der Waals surface area contributed by atoms with Gasteiger partial charge in [0.05, 0.1) is 23.6 Å². The number of hydrogen-bond donors (Lipinski definition) is 2. The Balaban J connectivity index is 1.59. The molecule has 6 nitrogen and oxygen atoms in total. The van der Waals surface area contributed by atoms with Crippen molar-refractivity contribution >= 4 is 17.2 Å². The summed E-state index contributed by atoms with van der Waals surface area (Å²) in [5.74, 6) is 1.26. The van der Waals surface area contributed by atoms with E-state index in [0.717, 1.165) is 30.8 Å². The number of hydrogen-bond acceptors (Lipinski definition) is 6. The first-order chi connectivity index (χ1) is 12.1. The smallest absolute Gasteiger partial charge is 0.236 e. The molecule has 25 heavy (non-hydrogen) atoms. The van der Waals surface area contributed by atoms with Gasteiger partial charge < -0.3 is 19.8 Å². The molecule has 0 aromatic carbocycles. The van der Waals surface area contributed by atoms with E-state index in [-0.39, 0.29) is 17.7 Å². The summed E-state index contributed by atoms with van der Waals surface area (Å²) in [6.45, 7) is 5.08. The summed E-state index contributed by atoms with van der Waals surface area (Å²) in [6, 6.07) is 3.92. The Bertz CT molecular complexity index is 685. The van der Waals surface area contributed by atoms with Gasteiger partial charge in [-0.15, -0.1) is 11.3 Å². The van der Waals surface area contributed by atoms with Crippen LogP contribution in [0.15, 0.2) is 21.9 Å². The summed E-state index contributed by atoms with van der Waals surface area (Å²) in [4.78, 5) is 17.9. The number of methoxy groups -OCH3 is 1. The van der Waals surface area contributed by atoms with Crippen molar-refractivity contribution < 1.29 is 13.9 Å². The van der Waals surface area contributed by atoms with E-state index in [1.165, 1.54) is 0 Å². The lowest BCUT2D eigenvalue weighted by Gasteiger charge is -2.37. The van der Waals surface area contributed by atoms with Crippen LogP contribution in [0.3, 0.4) is 0 Å². The van der Waals surface area contributed by atoms with Gasteiger partial charge in [-0.25, -0.2) is 4.98 Å². The minimum atomic E-state index is -0.0249. The molecule has 0 spiro atoms. The SMILES string of the molecule is COCC1(CNC(=O)Cc2nc(-c3cccs3)oc2C)CCNCC1. The van der Waals surface area contributed by atoms with Crippen LogP contribution in [0.4, 0.5) is 0 Å². The number of carbonyl (C=O) groups excluding carboxylic acids is 1. The van der Waals surface area contributed by atoms with Gasteiger partial charge in [0.1, 0.15) is 5.76 Å². The van der Waals surface area contributed by atoms with Crippen LogP contribution in [-0.2, 0) is 16.0 Å². The Labute approximate surface area is 152 Å². The van der Waals surface area contributed by atoms with Crippen molar-refractivity contribution in [1.82, 2.24) is 15.6 Å².